The lowest BCUT2D eigenvalue weighted by Gasteiger charge is -2.13. The quantitative estimate of drug-likeness (QED) is 0.514. The van der Waals surface area contributed by atoms with Crippen molar-refractivity contribution in [2.24, 2.45) is 0 Å². The Morgan fingerprint density at radius 1 is 1.22 bits per heavy atom. The normalized spacial score (nSPS) is 10.0. The Morgan fingerprint density at radius 3 is 2.39 bits per heavy atom. The van der Waals surface area contributed by atoms with Crippen LogP contribution < -0.4 is 10.2 Å². The Kier molecular flexibility index (Phi) is 4.75. The number of pyridine rings is 1. The number of hydrogen-bond acceptors (Lipinski definition) is 7. The molecular formula is C15H16N4O4. The Hall–Kier alpha value is -3.16. The van der Waals surface area contributed by atoms with Gasteiger partial charge >= 0.3 is 11.7 Å². The van der Waals surface area contributed by atoms with E-state index in [-0.39, 0.29) is 11.5 Å². The largest absolute Gasteiger partial charge is 0.465 e. The maximum absolute atomic E-state index is 11.4. The standard InChI is InChI=1S/C15H16N4O4/c1-18(2)13-9-8-12(19(21)22)14(17-13)16-11-6-4-10(5-7-11)15(20)23-3/h4-9H,1-3H3,(H,16,17). The number of methoxy groups -OCH3 is 1. The van der Waals surface area contributed by atoms with Gasteiger partial charge in [0.25, 0.3) is 0 Å². The maximum atomic E-state index is 11.4. The van der Waals surface area contributed by atoms with Crippen LogP contribution in [0.1, 0.15) is 10.4 Å². The van der Waals surface area contributed by atoms with Gasteiger partial charge in [0.1, 0.15) is 5.82 Å². The molecule has 1 heterocycles. The first kappa shape index (κ1) is 16.2. The summed E-state index contributed by atoms with van der Waals surface area (Å²) in [5.74, 6) is 0.270. The van der Waals surface area contributed by atoms with E-state index in [1.54, 1.807) is 49.3 Å². The van der Waals surface area contributed by atoms with Crippen molar-refractivity contribution >= 4 is 29.0 Å². The smallest absolute Gasteiger partial charge is 0.337 e. The lowest BCUT2D eigenvalue weighted by atomic mass is 10.2. The van der Waals surface area contributed by atoms with E-state index in [9.17, 15) is 14.9 Å². The lowest BCUT2D eigenvalue weighted by Crippen LogP contribution is -2.12. The summed E-state index contributed by atoms with van der Waals surface area (Å²) in [5, 5.41) is 14.0. The monoisotopic (exact) mass is 316 g/mol. The molecule has 8 heteroatoms. The number of ether oxygens (including phenoxy) is 1. The van der Waals surface area contributed by atoms with E-state index >= 15 is 0 Å². The fourth-order valence-electron chi connectivity index (χ4n) is 1.87. The average Bonchev–Trinajstić information content (AvgIpc) is 2.54. The van der Waals surface area contributed by atoms with Crippen LogP contribution in [0.25, 0.3) is 0 Å². The number of nitrogens with zero attached hydrogens (tertiary/aromatic N) is 3. The van der Waals surface area contributed by atoms with E-state index in [2.05, 4.69) is 15.0 Å². The Balaban J connectivity index is 2.32. The summed E-state index contributed by atoms with van der Waals surface area (Å²) in [6.07, 6.45) is 0. The zero-order valence-electron chi connectivity index (χ0n) is 12.9. The average molecular weight is 316 g/mol. The second-order valence-corrected chi connectivity index (χ2v) is 4.88. The van der Waals surface area contributed by atoms with Gasteiger partial charge in [0, 0.05) is 25.8 Å². The third-order valence-corrected chi connectivity index (χ3v) is 3.08. The van der Waals surface area contributed by atoms with Crippen LogP contribution in [0.15, 0.2) is 36.4 Å². The van der Waals surface area contributed by atoms with E-state index in [1.807, 2.05) is 0 Å². The zero-order valence-corrected chi connectivity index (χ0v) is 12.9. The van der Waals surface area contributed by atoms with Crippen molar-refractivity contribution in [1.82, 2.24) is 4.98 Å². The molecule has 120 valence electrons. The summed E-state index contributed by atoms with van der Waals surface area (Å²) < 4.78 is 4.62. The number of esters is 1. The summed E-state index contributed by atoms with van der Waals surface area (Å²) in [5.41, 5.74) is 0.833. The molecule has 0 unspecified atom stereocenters. The van der Waals surface area contributed by atoms with Gasteiger partial charge in [-0.3, -0.25) is 10.1 Å². The lowest BCUT2D eigenvalue weighted by molar-refractivity contribution is -0.384. The van der Waals surface area contributed by atoms with Gasteiger partial charge in [-0.05, 0) is 30.3 Å². The third-order valence-electron chi connectivity index (χ3n) is 3.08. The van der Waals surface area contributed by atoms with Gasteiger partial charge < -0.3 is 15.0 Å². The summed E-state index contributed by atoms with van der Waals surface area (Å²) in [6, 6.07) is 9.35. The number of anilines is 3. The van der Waals surface area contributed by atoms with Gasteiger partial charge in [-0.25, -0.2) is 9.78 Å². The first-order chi connectivity index (χ1) is 10.9. The molecule has 0 aliphatic carbocycles. The van der Waals surface area contributed by atoms with Crippen molar-refractivity contribution < 1.29 is 14.5 Å². The summed E-state index contributed by atoms with van der Waals surface area (Å²) >= 11 is 0. The van der Waals surface area contributed by atoms with Crippen molar-refractivity contribution in [1.29, 1.82) is 0 Å². The number of rotatable bonds is 5. The number of aromatic nitrogens is 1. The first-order valence-electron chi connectivity index (χ1n) is 6.70. The van der Waals surface area contributed by atoms with Crippen molar-refractivity contribution in [3.63, 3.8) is 0 Å². The first-order valence-corrected chi connectivity index (χ1v) is 6.70. The molecule has 0 aliphatic rings. The second-order valence-electron chi connectivity index (χ2n) is 4.88. The van der Waals surface area contributed by atoms with Crippen LogP contribution >= 0.6 is 0 Å². The molecule has 0 fully saturated rings. The van der Waals surface area contributed by atoms with Crippen molar-refractivity contribution in [2.45, 2.75) is 0 Å². The predicted octanol–water partition coefficient (Wildman–Crippen LogP) is 2.59. The van der Waals surface area contributed by atoms with Crippen molar-refractivity contribution in [3.8, 4) is 0 Å². The van der Waals surface area contributed by atoms with Gasteiger partial charge in [-0.1, -0.05) is 0 Å². The summed E-state index contributed by atoms with van der Waals surface area (Å²) in [7, 11) is 4.89. The molecule has 0 bridgehead atoms. The minimum Gasteiger partial charge on any atom is -0.465 e. The van der Waals surface area contributed by atoms with Crippen LogP contribution in [0, 0.1) is 10.1 Å². The number of nitrogens with one attached hydrogen (secondary N) is 1. The van der Waals surface area contributed by atoms with Gasteiger partial charge in [-0.15, -0.1) is 0 Å². The molecule has 0 spiro atoms. The van der Waals surface area contributed by atoms with Crippen molar-refractivity contribution in [3.05, 3.63) is 52.1 Å². The van der Waals surface area contributed by atoms with Crippen LogP contribution in [-0.4, -0.2) is 37.1 Å². The van der Waals surface area contributed by atoms with E-state index < -0.39 is 10.9 Å². The van der Waals surface area contributed by atoms with Gasteiger partial charge in [0.2, 0.25) is 5.82 Å². The van der Waals surface area contributed by atoms with Gasteiger partial charge in [0.05, 0.1) is 17.6 Å². The number of carbonyl (C=O) groups is 1. The zero-order chi connectivity index (χ0) is 17.0. The van der Waals surface area contributed by atoms with Crippen LogP contribution in [0.4, 0.5) is 23.0 Å². The molecule has 0 radical (unpaired) electrons. The van der Waals surface area contributed by atoms with Crippen LogP contribution in [0.3, 0.4) is 0 Å². The second kappa shape index (κ2) is 6.73. The highest BCUT2D eigenvalue weighted by Gasteiger charge is 2.17. The highest BCUT2D eigenvalue weighted by atomic mass is 16.6. The minimum atomic E-state index is -0.502. The number of benzene rings is 1. The Morgan fingerprint density at radius 2 is 1.87 bits per heavy atom. The molecule has 0 atom stereocenters. The van der Waals surface area contributed by atoms with Crippen LogP contribution in [-0.2, 0) is 4.74 Å². The van der Waals surface area contributed by atoms with Gasteiger partial charge in [0.15, 0.2) is 0 Å². The fourth-order valence-corrected chi connectivity index (χ4v) is 1.87. The molecule has 0 saturated heterocycles. The SMILES string of the molecule is COC(=O)c1ccc(Nc2nc(N(C)C)ccc2[N+](=O)[O-])cc1. The number of nitro groups is 1. The molecule has 0 amide bonds. The molecule has 8 nitrogen and oxygen atoms in total. The predicted molar refractivity (Wildman–Crippen MR) is 86.3 cm³/mol. The molecule has 1 aromatic carbocycles. The van der Waals surface area contributed by atoms with E-state index in [1.165, 1.54) is 13.2 Å². The highest BCUT2D eigenvalue weighted by Crippen LogP contribution is 2.28. The minimum absolute atomic E-state index is 0.131. The van der Waals surface area contributed by atoms with E-state index in [0.717, 1.165) is 0 Å². The summed E-state index contributed by atoms with van der Waals surface area (Å²) in [4.78, 5) is 28.0. The maximum Gasteiger partial charge on any atom is 0.337 e. The molecule has 1 N–H and O–H groups in total. The molecule has 2 aromatic rings. The number of carbonyl (C=O) groups excluding carboxylic acids is 1. The molecule has 23 heavy (non-hydrogen) atoms. The molecular weight excluding hydrogens is 300 g/mol. The number of hydrogen-bond donors (Lipinski definition) is 1. The van der Waals surface area contributed by atoms with Crippen LogP contribution in [0.2, 0.25) is 0 Å². The highest BCUT2D eigenvalue weighted by molar-refractivity contribution is 5.89. The summed E-state index contributed by atoms with van der Waals surface area (Å²) in [6.45, 7) is 0. The molecule has 0 aliphatic heterocycles. The van der Waals surface area contributed by atoms with Gasteiger partial charge in [-0.2, -0.15) is 0 Å². The van der Waals surface area contributed by atoms with E-state index in [0.29, 0.717) is 17.1 Å². The van der Waals surface area contributed by atoms with E-state index in [4.69, 9.17) is 0 Å². The Bertz CT molecular complexity index is 729. The van der Waals surface area contributed by atoms with Crippen LogP contribution in [0.5, 0.6) is 0 Å². The molecule has 2 rings (SSSR count). The molecule has 0 saturated carbocycles. The fraction of sp³-hybridized carbons (Fsp3) is 0.200. The topological polar surface area (TPSA) is 97.6 Å². The Labute approximate surface area is 132 Å². The molecule has 1 aromatic heterocycles. The third kappa shape index (κ3) is 3.73. The van der Waals surface area contributed by atoms with Crippen molar-refractivity contribution in [2.75, 3.05) is 31.4 Å².